The lowest BCUT2D eigenvalue weighted by Crippen LogP contribution is -3.14. The SMILES string of the molecule is CCc1ccc2nc(N(CC[NH+]3CCOCC3)C(=O)c3ccccc3)sc2c1. The zero-order chi connectivity index (χ0) is 19.3. The number of aryl methyl sites for hydroxylation is 1. The Kier molecular flexibility index (Phi) is 6.00. The second-order valence-electron chi connectivity index (χ2n) is 7.09. The van der Waals surface area contributed by atoms with Crippen molar-refractivity contribution in [1.29, 1.82) is 0 Å². The molecule has 28 heavy (non-hydrogen) atoms. The van der Waals surface area contributed by atoms with Crippen molar-refractivity contribution in [1.82, 2.24) is 4.98 Å². The number of morpholine rings is 1. The van der Waals surface area contributed by atoms with Crippen molar-refractivity contribution in [3.8, 4) is 0 Å². The van der Waals surface area contributed by atoms with Gasteiger partial charge in [-0.05, 0) is 36.2 Å². The molecule has 2 heterocycles. The smallest absolute Gasteiger partial charge is 0.260 e. The number of thiazole rings is 1. The molecular formula is C22H26N3O2S+. The number of nitrogens with zero attached hydrogens (tertiary/aromatic N) is 2. The van der Waals surface area contributed by atoms with Crippen LogP contribution in [0.4, 0.5) is 5.13 Å². The van der Waals surface area contributed by atoms with Crippen molar-refractivity contribution in [3.63, 3.8) is 0 Å². The summed E-state index contributed by atoms with van der Waals surface area (Å²) in [6.07, 6.45) is 0.996. The van der Waals surface area contributed by atoms with Crippen molar-refractivity contribution in [2.75, 3.05) is 44.3 Å². The molecule has 1 aromatic heterocycles. The Morgan fingerprint density at radius 2 is 1.96 bits per heavy atom. The van der Waals surface area contributed by atoms with Crippen molar-refractivity contribution in [3.05, 3.63) is 59.7 Å². The fourth-order valence-electron chi connectivity index (χ4n) is 3.49. The van der Waals surface area contributed by atoms with Gasteiger partial charge in [-0.25, -0.2) is 4.98 Å². The van der Waals surface area contributed by atoms with E-state index in [0.717, 1.165) is 54.6 Å². The lowest BCUT2D eigenvalue weighted by Gasteiger charge is -2.26. The van der Waals surface area contributed by atoms with Gasteiger partial charge in [0.05, 0.1) is 36.5 Å². The van der Waals surface area contributed by atoms with Crippen molar-refractivity contribution in [2.45, 2.75) is 13.3 Å². The monoisotopic (exact) mass is 396 g/mol. The highest BCUT2D eigenvalue weighted by atomic mass is 32.1. The highest BCUT2D eigenvalue weighted by Gasteiger charge is 2.24. The first-order chi connectivity index (χ1) is 13.7. The summed E-state index contributed by atoms with van der Waals surface area (Å²) < 4.78 is 6.60. The lowest BCUT2D eigenvalue weighted by molar-refractivity contribution is -0.906. The Hall–Kier alpha value is -2.28. The molecule has 3 aromatic rings. The minimum Gasteiger partial charge on any atom is -0.370 e. The Morgan fingerprint density at radius 1 is 1.18 bits per heavy atom. The molecule has 0 atom stereocenters. The minimum atomic E-state index is 0.0167. The third kappa shape index (κ3) is 4.24. The van der Waals surface area contributed by atoms with Crippen LogP contribution in [-0.4, -0.2) is 50.3 Å². The molecule has 6 heteroatoms. The number of hydrogen-bond acceptors (Lipinski definition) is 4. The van der Waals surface area contributed by atoms with E-state index < -0.39 is 0 Å². The van der Waals surface area contributed by atoms with Crippen LogP contribution in [0.15, 0.2) is 48.5 Å². The molecule has 0 radical (unpaired) electrons. The van der Waals surface area contributed by atoms with Gasteiger partial charge in [0, 0.05) is 5.56 Å². The van der Waals surface area contributed by atoms with Crippen LogP contribution in [0.25, 0.3) is 10.2 Å². The number of nitrogens with one attached hydrogen (secondary N) is 1. The standard InChI is InChI=1S/C22H25N3O2S/c1-2-17-8-9-19-20(16-17)28-22(23-19)25(11-10-24-12-14-27-15-13-24)21(26)18-6-4-3-5-7-18/h3-9,16H,2,10-15H2,1H3/p+1. The molecule has 0 saturated carbocycles. The van der Waals surface area contributed by atoms with E-state index in [-0.39, 0.29) is 5.91 Å². The normalized spacial score (nSPS) is 15.0. The Morgan fingerprint density at radius 3 is 2.71 bits per heavy atom. The first-order valence-electron chi connectivity index (χ1n) is 9.92. The summed E-state index contributed by atoms with van der Waals surface area (Å²) in [5, 5.41) is 0.782. The molecule has 5 nitrogen and oxygen atoms in total. The third-order valence-corrected chi connectivity index (χ3v) is 6.28. The molecule has 4 rings (SSSR count). The van der Waals surface area contributed by atoms with E-state index in [2.05, 4.69) is 25.1 Å². The molecule has 0 bridgehead atoms. The molecular weight excluding hydrogens is 370 g/mol. The number of aromatic nitrogens is 1. The Bertz CT molecular complexity index is 935. The van der Waals surface area contributed by atoms with Gasteiger partial charge in [-0.1, -0.05) is 42.5 Å². The molecule has 0 aliphatic carbocycles. The summed E-state index contributed by atoms with van der Waals surface area (Å²) in [5.41, 5.74) is 2.95. The predicted octanol–water partition coefficient (Wildman–Crippen LogP) is 2.42. The summed E-state index contributed by atoms with van der Waals surface area (Å²) >= 11 is 1.60. The maximum absolute atomic E-state index is 13.3. The van der Waals surface area contributed by atoms with Gasteiger partial charge >= 0.3 is 0 Å². The number of fused-ring (bicyclic) bond motifs is 1. The van der Waals surface area contributed by atoms with E-state index in [0.29, 0.717) is 12.1 Å². The Balaban J connectivity index is 1.62. The van der Waals surface area contributed by atoms with Gasteiger partial charge in [0.1, 0.15) is 13.1 Å². The van der Waals surface area contributed by atoms with E-state index >= 15 is 0 Å². The molecule has 1 saturated heterocycles. The van der Waals surface area contributed by atoms with Gasteiger partial charge in [-0.15, -0.1) is 0 Å². The number of quaternary nitrogens is 1. The van der Waals surface area contributed by atoms with Crippen molar-refractivity contribution >= 4 is 32.6 Å². The van der Waals surface area contributed by atoms with Gasteiger partial charge in [-0.2, -0.15) is 0 Å². The summed E-state index contributed by atoms with van der Waals surface area (Å²) in [6.45, 7) is 7.28. The van der Waals surface area contributed by atoms with Crippen LogP contribution in [0.2, 0.25) is 0 Å². The van der Waals surface area contributed by atoms with Crippen LogP contribution in [0, 0.1) is 0 Å². The molecule has 1 fully saturated rings. The number of ether oxygens (including phenoxy) is 1. The summed E-state index contributed by atoms with van der Waals surface area (Å²) in [5.74, 6) is 0.0167. The van der Waals surface area contributed by atoms with Crippen molar-refractivity contribution in [2.24, 2.45) is 0 Å². The van der Waals surface area contributed by atoms with Gasteiger partial charge in [0.15, 0.2) is 5.13 Å². The van der Waals surface area contributed by atoms with Crippen LogP contribution >= 0.6 is 11.3 Å². The van der Waals surface area contributed by atoms with Gasteiger partial charge < -0.3 is 9.64 Å². The van der Waals surface area contributed by atoms with Gasteiger partial charge in [0.25, 0.3) is 5.91 Å². The zero-order valence-corrected chi connectivity index (χ0v) is 17.0. The average molecular weight is 397 g/mol. The summed E-state index contributed by atoms with van der Waals surface area (Å²) in [7, 11) is 0. The second kappa shape index (κ2) is 8.82. The first-order valence-corrected chi connectivity index (χ1v) is 10.7. The lowest BCUT2D eigenvalue weighted by atomic mass is 10.2. The van der Waals surface area contributed by atoms with Crippen LogP contribution in [0.3, 0.4) is 0 Å². The average Bonchev–Trinajstić information content (AvgIpc) is 3.18. The molecule has 1 N–H and O–H groups in total. The Labute approximate surface area is 169 Å². The molecule has 1 aliphatic rings. The number of hydrogen-bond donors (Lipinski definition) is 1. The maximum Gasteiger partial charge on any atom is 0.260 e. The maximum atomic E-state index is 13.3. The third-order valence-electron chi connectivity index (χ3n) is 5.24. The largest absolute Gasteiger partial charge is 0.370 e. The summed E-state index contributed by atoms with van der Waals surface area (Å²) in [6, 6.07) is 15.9. The molecule has 1 amide bonds. The molecule has 1 aliphatic heterocycles. The highest BCUT2D eigenvalue weighted by Crippen LogP contribution is 2.30. The molecule has 0 unspecified atom stereocenters. The summed E-state index contributed by atoms with van der Waals surface area (Å²) in [4.78, 5) is 21.4. The second-order valence-corrected chi connectivity index (χ2v) is 8.10. The molecule has 2 aromatic carbocycles. The fraction of sp³-hybridized carbons (Fsp3) is 0.364. The van der Waals surface area contributed by atoms with Crippen LogP contribution < -0.4 is 9.80 Å². The fourth-order valence-corrected chi connectivity index (χ4v) is 4.55. The van der Waals surface area contributed by atoms with Gasteiger partial charge in [-0.3, -0.25) is 9.69 Å². The van der Waals surface area contributed by atoms with E-state index in [1.165, 1.54) is 10.5 Å². The molecule has 0 spiro atoms. The van der Waals surface area contributed by atoms with E-state index in [1.807, 2.05) is 35.2 Å². The van der Waals surface area contributed by atoms with Gasteiger partial charge in [0.2, 0.25) is 0 Å². The topological polar surface area (TPSA) is 46.9 Å². The number of benzene rings is 2. The van der Waals surface area contributed by atoms with E-state index in [4.69, 9.17) is 9.72 Å². The quantitative estimate of drug-likeness (QED) is 0.696. The number of carbonyl (C=O) groups excluding carboxylic acids is 1. The van der Waals surface area contributed by atoms with Crippen LogP contribution in [0.5, 0.6) is 0 Å². The number of carbonyl (C=O) groups is 1. The van der Waals surface area contributed by atoms with Crippen LogP contribution in [0.1, 0.15) is 22.8 Å². The zero-order valence-electron chi connectivity index (χ0n) is 16.2. The number of amides is 1. The predicted molar refractivity (Wildman–Crippen MR) is 113 cm³/mol. The van der Waals surface area contributed by atoms with Crippen LogP contribution in [-0.2, 0) is 11.2 Å². The van der Waals surface area contributed by atoms with Crippen molar-refractivity contribution < 1.29 is 14.4 Å². The van der Waals surface area contributed by atoms with E-state index in [1.54, 1.807) is 11.3 Å². The minimum absolute atomic E-state index is 0.0167. The number of anilines is 1. The highest BCUT2D eigenvalue weighted by molar-refractivity contribution is 7.22. The molecule has 146 valence electrons. The van der Waals surface area contributed by atoms with E-state index in [9.17, 15) is 4.79 Å². The first kappa shape index (κ1) is 19.1. The number of rotatable bonds is 6.